The van der Waals surface area contributed by atoms with E-state index in [9.17, 15) is 0 Å². The average Bonchev–Trinajstić information content (AvgIpc) is 3.41. The predicted molar refractivity (Wildman–Crippen MR) is 121 cm³/mol. The van der Waals surface area contributed by atoms with E-state index in [1.165, 1.54) is 5.56 Å². The summed E-state index contributed by atoms with van der Waals surface area (Å²) in [6, 6.07) is 3.94. The Morgan fingerprint density at radius 3 is 3.07 bits per heavy atom. The number of hydrogen-bond donors (Lipinski definition) is 1. The van der Waals surface area contributed by atoms with Crippen LogP contribution >= 0.6 is 24.0 Å². The van der Waals surface area contributed by atoms with Crippen LogP contribution in [-0.4, -0.2) is 60.0 Å². The van der Waals surface area contributed by atoms with Crippen molar-refractivity contribution < 1.29 is 9.15 Å². The van der Waals surface area contributed by atoms with Crippen molar-refractivity contribution >= 4 is 29.9 Å². The minimum Gasteiger partial charge on any atom is -0.469 e. The van der Waals surface area contributed by atoms with Crippen molar-refractivity contribution in [2.45, 2.75) is 32.1 Å². The first-order chi connectivity index (χ1) is 13.3. The van der Waals surface area contributed by atoms with Crippen LogP contribution in [0.3, 0.4) is 0 Å². The predicted octanol–water partition coefficient (Wildman–Crippen LogP) is 3.04. The Hall–Kier alpha value is -1.55. The van der Waals surface area contributed by atoms with Crippen LogP contribution in [0.4, 0.5) is 0 Å². The Morgan fingerprint density at radius 1 is 1.46 bits per heavy atom. The molecule has 0 aliphatic carbocycles. The van der Waals surface area contributed by atoms with Gasteiger partial charge in [-0.3, -0.25) is 9.67 Å². The highest BCUT2D eigenvalue weighted by Crippen LogP contribution is 2.26. The van der Waals surface area contributed by atoms with E-state index in [-0.39, 0.29) is 24.0 Å². The molecule has 28 heavy (non-hydrogen) atoms. The molecule has 1 unspecified atom stereocenters. The van der Waals surface area contributed by atoms with E-state index < -0.39 is 0 Å². The van der Waals surface area contributed by atoms with Crippen LogP contribution in [-0.2, 0) is 18.2 Å². The van der Waals surface area contributed by atoms with E-state index in [2.05, 4.69) is 21.5 Å². The summed E-state index contributed by atoms with van der Waals surface area (Å²) in [5.41, 5.74) is 1.31. The number of rotatable bonds is 9. The number of guanidine groups is 1. The average molecular weight is 501 g/mol. The molecule has 7 nitrogen and oxygen atoms in total. The van der Waals surface area contributed by atoms with Gasteiger partial charge in [0, 0.05) is 65.0 Å². The number of hydrogen-bond acceptors (Lipinski definition) is 4. The summed E-state index contributed by atoms with van der Waals surface area (Å²) in [4.78, 5) is 7.19. The summed E-state index contributed by atoms with van der Waals surface area (Å²) in [5.74, 6) is 2.50. The SMILES string of the molecule is CCOCCCN=C(NCCc1ccco1)N1CCC(c2cnn(C)c2)C1.I. The number of nitrogens with zero attached hydrogens (tertiary/aromatic N) is 4. The number of nitrogens with one attached hydrogen (secondary N) is 1. The number of aromatic nitrogens is 2. The van der Waals surface area contributed by atoms with Gasteiger partial charge in [-0.2, -0.15) is 5.10 Å². The maximum absolute atomic E-state index is 5.42. The third-order valence-corrected chi connectivity index (χ3v) is 4.83. The van der Waals surface area contributed by atoms with E-state index in [1.807, 2.05) is 37.0 Å². The van der Waals surface area contributed by atoms with E-state index in [0.29, 0.717) is 5.92 Å². The monoisotopic (exact) mass is 501 g/mol. The number of halogens is 1. The van der Waals surface area contributed by atoms with E-state index >= 15 is 0 Å². The lowest BCUT2D eigenvalue weighted by Gasteiger charge is -2.22. The molecular weight excluding hydrogens is 469 g/mol. The van der Waals surface area contributed by atoms with Crippen LogP contribution in [0.15, 0.2) is 40.2 Å². The van der Waals surface area contributed by atoms with Gasteiger partial charge in [0.15, 0.2) is 5.96 Å². The third kappa shape index (κ3) is 6.80. The number of aryl methyl sites for hydroxylation is 1. The molecule has 0 spiro atoms. The summed E-state index contributed by atoms with van der Waals surface area (Å²) >= 11 is 0. The Morgan fingerprint density at radius 2 is 2.36 bits per heavy atom. The first kappa shape index (κ1) is 22.7. The molecule has 1 aliphatic heterocycles. The smallest absolute Gasteiger partial charge is 0.193 e. The van der Waals surface area contributed by atoms with E-state index in [4.69, 9.17) is 14.1 Å². The van der Waals surface area contributed by atoms with Gasteiger partial charge in [0.05, 0.1) is 12.5 Å². The van der Waals surface area contributed by atoms with Crippen LogP contribution < -0.4 is 5.32 Å². The zero-order chi connectivity index (χ0) is 18.9. The number of aliphatic imine (C=N–C) groups is 1. The molecule has 1 atom stereocenters. The lowest BCUT2D eigenvalue weighted by molar-refractivity contribution is 0.146. The standard InChI is InChI=1S/C20H31N5O2.HI/c1-3-26-12-5-9-21-20(22-10-7-19-6-4-13-27-19)25-11-8-17(16-25)18-14-23-24(2)15-18;/h4,6,13-15,17H,3,5,7-12,16H2,1-2H3,(H,21,22);1H. The van der Waals surface area contributed by atoms with Gasteiger partial charge in [-0.15, -0.1) is 24.0 Å². The minimum absolute atomic E-state index is 0. The zero-order valence-electron chi connectivity index (χ0n) is 16.8. The Balaban J connectivity index is 0.00000280. The molecule has 156 valence electrons. The van der Waals surface area contributed by atoms with Crippen molar-refractivity contribution in [1.29, 1.82) is 0 Å². The minimum atomic E-state index is 0. The van der Waals surface area contributed by atoms with Gasteiger partial charge in [-0.05, 0) is 37.5 Å². The van der Waals surface area contributed by atoms with Gasteiger partial charge in [-0.25, -0.2) is 0 Å². The highest BCUT2D eigenvalue weighted by atomic mass is 127. The summed E-state index contributed by atoms with van der Waals surface area (Å²) < 4.78 is 12.7. The maximum atomic E-state index is 5.42. The lowest BCUT2D eigenvalue weighted by Crippen LogP contribution is -2.41. The van der Waals surface area contributed by atoms with Crippen molar-refractivity contribution in [2.75, 3.05) is 39.4 Å². The molecule has 3 rings (SSSR count). The summed E-state index contributed by atoms with van der Waals surface area (Å²) in [7, 11) is 1.97. The molecule has 2 aromatic rings. The van der Waals surface area contributed by atoms with Crippen LogP contribution in [0.25, 0.3) is 0 Å². The molecular formula is C20H32IN5O2. The normalized spacial score (nSPS) is 17.0. The second kappa shape index (κ2) is 12.1. The molecule has 2 aromatic heterocycles. The third-order valence-electron chi connectivity index (χ3n) is 4.83. The quantitative estimate of drug-likeness (QED) is 0.248. The van der Waals surface area contributed by atoms with Crippen molar-refractivity contribution in [3.05, 3.63) is 42.1 Å². The second-order valence-corrected chi connectivity index (χ2v) is 6.89. The van der Waals surface area contributed by atoms with Crippen LogP contribution in [0.2, 0.25) is 0 Å². The second-order valence-electron chi connectivity index (χ2n) is 6.89. The molecule has 0 radical (unpaired) electrons. The Bertz CT molecular complexity index is 701. The fraction of sp³-hybridized carbons (Fsp3) is 0.600. The van der Waals surface area contributed by atoms with Crippen molar-refractivity contribution in [3.63, 3.8) is 0 Å². The van der Waals surface area contributed by atoms with Crippen molar-refractivity contribution in [3.8, 4) is 0 Å². The Labute approximate surface area is 184 Å². The largest absolute Gasteiger partial charge is 0.469 e. The highest BCUT2D eigenvalue weighted by Gasteiger charge is 2.27. The number of furan rings is 1. The van der Waals surface area contributed by atoms with Gasteiger partial charge in [0.1, 0.15) is 5.76 Å². The lowest BCUT2D eigenvalue weighted by atomic mass is 10.0. The summed E-state index contributed by atoms with van der Waals surface area (Å²) in [6.07, 6.45) is 8.75. The fourth-order valence-electron chi connectivity index (χ4n) is 3.39. The van der Waals surface area contributed by atoms with Gasteiger partial charge in [0.2, 0.25) is 0 Å². The van der Waals surface area contributed by atoms with Gasteiger partial charge < -0.3 is 19.4 Å². The molecule has 3 heterocycles. The molecule has 1 fully saturated rings. The summed E-state index contributed by atoms with van der Waals surface area (Å²) in [6.45, 7) is 7.12. The van der Waals surface area contributed by atoms with Gasteiger partial charge in [0.25, 0.3) is 0 Å². The van der Waals surface area contributed by atoms with Gasteiger partial charge >= 0.3 is 0 Å². The highest BCUT2D eigenvalue weighted by molar-refractivity contribution is 14.0. The van der Waals surface area contributed by atoms with Crippen LogP contribution in [0.5, 0.6) is 0 Å². The first-order valence-corrected chi connectivity index (χ1v) is 9.88. The Kier molecular flexibility index (Phi) is 9.83. The van der Waals surface area contributed by atoms with E-state index in [1.54, 1.807) is 6.26 Å². The number of likely N-dealkylation sites (tertiary alicyclic amines) is 1. The van der Waals surface area contributed by atoms with Crippen molar-refractivity contribution in [2.24, 2.45) is 12.0 Å². The van der Waals surface area contributed by atoms with Crippen LogP contribution in [0.1, 0.15) is 37.0 Å². The first-order valence-electron chi connectivity index (χ1n) is 9.88. The molecule has 8 heteroatoms. The summed E-state index contributed by atoms with van der Waals surface area (Å²) in [5, 5.41) is 7.84. The van der Waals surface area contributed by atoms with E-state index in [0.717, 1.165) is 70.4 Å². The van der Waals surface area contributed by atoms with Gasteiger partial charge in [-0.1, -0.05) is 0 Å². The fourth-order valence-corrected chi connectivity index (χ4v) is 3.39. The topological polar surface area (TPSA) is 67.8 Å². The molecule has 0 aromatic carbocycles. The molecule has 1 N–H and O–H groups in total. The van der Waals surface area contributed by atoms with Crippen LogP contribution in [0, 0.1) is 0 Å². The van der Waals surface area contributed by atoms with Crippen molar-refractivity contribution in [1.82, 2.24) is 20.0 Å². The maximum Gasteiger partial charge on any atom is 0.193 e. The molecule has 0 amide bonds. The zero-order valence-corrected chi connectivity index (χ0v) is 19.2. The molecule has 1 aliphatic rings. The molecule has 0 saturated carbocycles. The number of ether oxygens (including phenoxy) is 1. The molecule has 1 saturated heterocycles. The molecule has 0 bridgehead atoms.